The number of hydrogen-bond donors (Lipinski definition) is 4. The van der Waals surface area contributed by atoms with Crippen molar-refractivity contribution in [1.82, 2.24) is 15.5 Å². The van der Waals surface area contributed by atoms with Crippen LogP contribution in [0.1, 0.15) is 18.0 Å². The molecule has 4 N–H and O–H groups in total. The second-order valence-corrected chi connectivity index (χ2v) is 5.32. The first-order valence-corrected chi connectivity index (χ1v) is 7.10. The van der Waals surface area contributed by atoms with E-state index in [4.69, 9.17) is 5.11 Å². The van der Waals surface area contributed by atoms with Crippen molar-refractivity contribution in [2.45, 2.75) is 12.5 Å². The van der Waals surface area contributed by atoms with Crippen LogP contribution < -0.4 is 10.6 Å². The maximum absolute atomic E-state index is 12.5. The van der Waals surface area contributed by atoms with Crippen LogP contribution in [0.5, 0.6) is 5.75 Å². The highest BCUT2D eigenvalue weighted by Crippen LogP contribution is 2.32. The summed E-state index contributed by atoms with van der Waals surface area (Å²) in [5.41, 5.74) is 1.85. The second-order valence-electron chi connectivity index (χ2n) is 5.32. The molecule has 0 saturated heterocycles. The van der Waals surface area contributed by atoms with E-state index in [2.05, 4.69) is 10.6 Å². The Kier molecular flexibility index (Phi) is 3.72. The van der Waals surface area contributed by atoms with E-state index in [0.29, 0.717) is 30.8 Å². The Labute approximate surface area is 127 Å². The fourth-order valence-electron chi connectivity index (χ4n) is 2.79. The first-order valence-electron chi connectivity index (χ1n) is 7.10. The van der Waals surface area contributed by atoms with Gasteiger partial charge in [-0.3, -0.25) is 4.79 Å². The molecule has 1 aromatic rings. The maximum atomic E-state index is 12.5. The van der Waals surface area contributed by atoms with Gasteiger partial charge >= 0.3 is 6.03 Å². The molecule has 1 atom stereocenters. The van der Waals surface area contributed by atoms with E-state index in [1.165, 1.54) is 12.1 Å². The van der Waals surface area contributed by atoms with Crippen molar-refractivity contribution in [3.63, 3.8) is 0 Å². The average Bonchev–Trinajstić information content (AvgIpc) is 2.81. The molecule has 2 aliphatic heterocycles. The summed E-state index contributed by atoms with van der Waals surface area (Å²) < 4.78 is 0. The lowest BCUT2D eigenvalue weighted by Crippen LogP contribution is -2.44. The fraction of sp³-hybridized carbons (Fsp3) is 0.333. The molecule has 2 heterocycles. The highest BCUT2D eigenvalue weighted by Gasteiger charge is 2.39. The number of carbonyl (C=O) groups is 2. The van der Waals surface area contributed by atoms with Crippen LogP contribution in [0.2, 0.25) is 0 Å². The van der Waals surface area contributed by atoms with E-state index in [0.717, 1.165) is 5.56 Å². The molecule has 7 heteroatoms. The Morgan fingerprint density at radius 2 is 1.95 bits per heavy atom. The fourth-order valence-corrected chi connectivity index (χ4v) is 2.79. The third-order valence-electron chi connectivity index (χ3n) is 3.83. The van der Waals surface area contributed by atoms with Crippen molar-refractivity contribution in [2.24, 2.45) is 0 Å². The number of phenolic OH excluding ortho intramolecular Hbond substituents is 1. The molecule has 7 nitrogen and oxygen atoms in total. The minimum absolute atomic E-state index is 0.0143. The van der Waals surface area contributed by atoms with E-state index in [-0.39, 0.29) is 24.3 Å². The van der Waals surface area contributed by atoms with Gasteiger partial charge in [0.2, 0.25) is 0 Å². The quantitative estimate of drug-likeness (QED) is 0.639. The van der Waals surface area contributed by atoms with E-state index >= 15 is 0 Å². The number of rotatable bonds is 4. The number of aromatic hydroxyl groups is 1. The zero-order valence-corrected chi connectivity index (χ0v) is 11.9. The lowest BCUT2D eigenvalue weighted by molar-refractivity contribution is -0.125. The third-order valence-corrected chi connectivity index (χ3v) is 3.83. The Morgan fingerprint density at radius 1 is 1.23 bits per heavy atom. The van der Waals surface area contributed by atoms with Crippen LogP contribution in [0.4, 0.5) is 4.79 Å². The second kappa shape index (κ2) is 5.69. The summed E-state index contributed by atoms with van der Waals surface area (Å²) in [7, 11) is 0. The number of nitrogens with one attached hydrogen (secondary N) is 2. The van der Waals surface area contributed by atoms with Gasteiger partial charge in [0, 0.05) is 13.2 Å². The minimum Gasteiger partial charge on any atom is -0.508 e. The predicted molar refractivity (Wildman–Crippen MR) is 77.8 cm³/mol. The molecule has 0 radical (unpaired) electrons. The summed E-state index contributed by atoms with van der Waals surface area (Å²) in [4.78, 5) is 26.0. The zero-order valence-electron chi connectivity index (χ0n) is 11.9. The van der Waals surface area contributed by atoms with Gasteiger partial charge in [0.25, 0.3) is 5.91 Å². The van der Waals surface area contributed by atoms with E-state index in [1.807, 2.05) is 0 Å². The number of urea groups is 1. The molecule has 1 unspecified atom stereocenters. The molecular formula is C15H17N3O4. The number of aliphatic hydroxyl groups excluding tert-OH is 1. The minimum atomic E-state index is -0.532. The Bertz CT molecular complexity index is 639. The number of aliphatic hydroxyl groups is 1. The van der Waals surface area contributed by atoms with Crippen LogP contribution >= 0.6 is 0 Å². The molecule has 3 amide bonds. The number of carbonyl (C=O) groups excluding carboxylic acids is 2. The number of amides is 3. The molecule has 0 bridgehead atoms. The molecule has 2 aliphatic rings. The molecule has 116 valence electrons. The van der Waals surface area contributed by atoms with Crippen LogP contribution in [0.3, 0.4) is 0 Å². The number of nitrogens with zero attached hydrogens (tertiary/aromatic N) is 1. The first kappa shape index (κ1) is 14.4. The van der Waals surface area contributed by atoms with Gasteiger partial charge in [0.15, 0.2) is 0 Å². The topological polar surface area (TPSA) is 102 Å². The van der Waals surface area contributed by atoms with Crippen LogP contribution in [0, 0.1) is 0 Å². The van der Waals surface area contributed by atoms with Gasteiger partial charge in [0.1, 0.15) is 5.75 Å². The van der Waals surface area contributed by atoms with Gasteiger partial charge in [-0.15, -0.1) is 0 Å². The standard InChI is InChI=1S/C15H17N3O4/c19-7-1-6-18-8-11-12(14(18)21)13(17-15(22)16-11)9-2-4-10(20)5-3-9/h2-5,13,19-20H,1,6-8H2,(H2,16,17,22). The van der Waals surface area contributed by atoms with Crippen LogP contribution in [0.25, 0.3) is 0 Å². The van der Waals surface area contributed by atoms with Crippen molar-refractivity contribution in [3.05, 3.63) is 41.1 Å². The highest BCUT2D eigenvalue weighted by molar-refractivity contribution is 6.01. The molecule has 22 heavy (non-hydrogen) atoms. The van der Waals surface area contributed by atoms with Crippen LogP contribution in [-0.4, -0.2) is 46.7 Å². The molecule has 3 rings (SSSR count). The summed E-state index contributed by atoms with van der Waals surface area (Å²) >= 11 is 0. The lowest BCUT2D eigenvalue weighted by atomic mass is 9.96. The van der Waals surface area contributed by atoms with Crippen molar-refractivity contribution < 1.29 is 19.8 Å². The van der Waals surface area contributed by atoms with E-state index < -0.39 is 6.04 Å². The van der Waals surface area contributed by atoms with Gasteiger partial charge in [-0.25, -0.2) is 4.79 Å². The van der Waals surface area contributed by atoms with Gasteiger partial charge in [-0.1, -0.05) is 12.1 Å². The van der Waals surface area contributed by atoms with Crippen LogP contribution in [0.15, 0.2) is 35.5 Å². The summed E-state index contributed by atoms with van der Waals surface area (Å²) in [6.45, 7) is 0.803. The first-order chi connectivity index (χ1) is 10.6. The van der Waals surface area contributed by atoms with Gasteiger partial charge in [-0.05, 0) is 24.1 Å². The van der Waals surface area contributed by atoms with Gasteiger partial charge < -0.3 is 25.7 Å². The summed E-state index contributed by atoms with van der Waals surface area (Å²) in [5, 5.41) is 23.7. The normalized spacial score (nSPS) is 20.8. The van der Waals surface area contributed by atoms with Crippen molar-refractivity contribution >= 4 is 11.9 Å². The molecule has 0 fully saturated rings. The summed E-state index contributed by atoms with van der Waals surface area (Å²) in [6.07, 6.45) is 0.498. The molecule has 1 aromatic carbocycles. The van der Waals surface area contributed by atoms with E-state index in [1.54, 1.807) is 17.0 Å². The smallest absolute Gasteiger partial charge is 0.319 e. The number of phenols is 1. The molecule has 0 aromatic heterocycles. The third kappa shape index (κ3) is 2.50. The Hall–Kier alpha value is -2.54. The van der Waals surface area contributed by atoms with Crippen molar-refractivity contribution in [1.29, 1.82) is 0 Å². The van der Waals surface area contributed by atoms with Gasteiger partial charge in [-0.2, -0.15) is 0 Å². The van der Waals surface area contributed by atoms with Crippen molar-refractivity contribution in [2.75, 3.05) is 19.7 Å². The summed E-state index contributed by atoms with van der Waals surface area (Å²) in [6, 6.07) is 5.52. The molecule has 0 saturated carbocycles. The maximum Gasteiger partial charge on any atom is 0.319 e. The highest BCUT2D eigenvalue weighted by atomic mass is 16.3. The van der Waals surface area contributed by atoms with E-state index in [9.17, 15) is 14.7 Å². The monoisotopic (exact) mass is 303 g/mol. The average molecular weight is 303 g/mol. The predicted octanol–water partition coefficient (Wildman–Crippen LogP) is 0.225. The number of benzene rings is 1. The Balaban J connectivity index is 1.90. The van der Waals surface area contributed by atoms with Crippen LogP contribution in [-0.2, 0) is 4.79 Å². The molecule has 0 aliphatic carbocycles. The SMILES string of the molecule is O=C1NC2=C(C(=O)N(CCCO)C2)C(c2ccc(O)cc2)N1. The molecular weight excluding hydrogens is 286 g/mol. The van der Waals surface area contributed by atoms with Gasteiger partial charge in [0.05, 0.1) is 23.9 Å². The largest absolute Gasteiger partial charge is 0.508 e. The Morgan fingerprint density at radius 3 is 2.64 bits per heavy atom. The zero-order chi connectivity index (χ0) is 15.7. The summed E-state index contributed by atoms with van der Waals surface area (Å²) in [5.74, 6) is -0.0189. The van der Waals surface area contributed by atoms with Crippen molar-refractivity contribution in [3.8, 4) is 5.75 Å². The molecule has 0 spiro atoms. The lowest BCUT2D eigenvalue weighted by Gasteiger charge is -2.25. The number of hydrogen-bond acceptors (Lipinski definition) is 4.